The van der Waals surface area contributed by atoms with Crippen molar-refractivity contribution in [1.82, 2.24) is 0 Å². The standard InChI is InChI=1S/C8H11O4/c1-3-5-11-8(10)6-12-7(9)4-2/h3-4H,1,5-6H2,2H3. The lowest BCUT2D eigenvalue weighted by atomic mass is 10.5. The van der Waals surface area contributed by atoms with Gasteiger partial charge in [-0.1, -0.05) is 19.6 Å². The number of carbonyl (C=O) groups is 2. The highest BCUT2D eigenvalue weighted by Gasteiger charge is 2.05. The minimum atomic E-state index is -0.579. The van der Waals surface area contributed by atoms with Crippen molar-refractivity contribution in [2.45, 2.75) is 6.92 Å². The molecule has 0 rings (SSSR count). The summed E-state index contributed by atoms with van der Waals surface area (Å²) < 4.78 is 8.98. The molecule has 4 nitrogen and oxygen atoms in total. The molecule has 0 aromatic carbocycles. The van der Waals surface area contributed by atoms with E-state index < -0.39 is 11.9 Å². The maximum absolute atomic E-state index is 10.7. The number of rotatable bonds is 5. The van der Waals surface area contributed by atoms with Crippen LogP contribution in [-0.4, -0.2) is 25.2 Å². The zero-order chi connectivity index (χ0) is 9.40. The van der Waals surface area contributed by atoms with Gasteiger partial charge in [-0.3, -0.25) is 4.79 Å². The van der Waals surface area contributed by atoms with E-state index in [9.17, 15) is 9.59 Å². The first kappa shape index (κ1) is 10.7. The quantitative estimate of drug-likeness (QED) is 0.446. The molecule has 0 saturated heterocycles. The highest BCUT2D eigenvalue weighted by molar-refractivity contribution is 5.81. The molecule has 0 unspecified atom stereocenters. The van der Waals surface area contributed by atoms with Crippen LogP contribution in [0, 0.1) is 6.42 Å². The predicted octanol–water partition coefficient (Wildman–Crippen LogP) is 0.483. The molecule has 0 aliphatic rings. The third-order valence-electron chi connectivity index (χ3n) is 0.930. The fraction of sp³-hybridized carbons (Fsp3) is 0.375. The largest absolute Gasteiger partial charge is 0.459 e. The van der Waals surface area contributed by atoms with Crippen molar-refractivity contribution < 1.29 is 19.1 Å². The Hall–Kier alpha value is -1.32. The van der Waals surface area contributed by atoms with Gasteiger partial charge >= 0.3 is 11.9 Å². The van der Waals surface area contributed by atoms with Crippen LogP contribution < -0.4 is 0 Å². The fourth-order valence-electron chi connectivity index (χ4n) is 0.407. The van der Waals surface area contributed by atoms with Gasteiger partial charge in [0.25, 0.3) is 0 Å². The van der Waals surface area contributed by atoms with Gasteiger partial charge in [-0.2, -0.15) is 0 Å². The smallest absolute Gasteiger partial charge is 0.344 e. The molecule has 1 radical (unpaired) electrons. The Balaban J connectivity index is 3.43. The summed E-state index contributed by atoms with van der Waals surface area (Å²) in [5.41, 5.74) is 0. The third-order valence-corrected chi connectivity index (χ3v) is 0.930. The number of esters is 2. The Morgan fingerprint density at radius 1 is 1.42 bits per heavy atom. The van der Waals surface area contributed by atoms with Gasteiger partial charge in [-0.25, -0.2) is 4.79 Å². The van der Waals surface area contributed by atoms with Crippen molar-refractivity contribution in [3.63, 3.8) is 0 Å². The van der Waals surface area contributed by atoms with Crippen LogP contribution in [0.4, 0.5) is 0 Å². The second-order valence-electron chi connectivity index (χ2n) is 1.87. The van der Waals surface area contributed by atoms with Crippen molar-refractivity contribution in [1.29, 1.82) is 0 Å². The second kappa shape index (κ2) is 6.39. The lowest BCUT2D eigenvalue weighted by Gasteiger charge is -2.01. The number of hydrogen-bond acceptors (Lipinski definition) is 4. The van der Waals surface area contributed by atoms with E-state index in [-0.39, 0.29) is 13.2 Å². The number of carbonyl (C=O) groups excluding carboxylic acids is 2. The van der Waals surface area contributed by atoms with Crippen molar-refractivity contribution in [2.24, 2.45) is 0 Å². The van der Waals surface area contributed by atoms with Crippen LogP contribution >= 0.6 is 0 Å². The zero-order valence-electron chi connectivity index (χ0n) is 6.91. The molecule has 0 N–H and O–H groups in total. The van der Waals surface area contributed by atoms with E-state index in [1.165, 1.54) is 19.4 Å². The Labute approximate surface area is 71.2 Å². The summed E-state index contributed by atoms with van der Waals surface area (Å²) in [7, 11) is 0. The predicted molar refractivity (Wildman–Crippen MR) is 42.1 cm³/mol. The molecule has 0 aromatic heterocycles. The molecule has 0 spiro atoms. The average Bonchev–Trinajstić information content (AvgIpc) is 2.10. The van der Waals surface area contributed by atoms with Crippen LogP contribution in [0.2, 0.25) is 0 Å². The van der Waals surface area contributed by atoms with Gasteiger partial charge in [-0.15, -0.1) is 0 Å². The number of hydrogen-bond donors (Lipinski definition) is 0. The minimum Gasteiger partial charge on any atom is -0.459 e. The minimum absolute atomic E-state index is 0.131. The zero-order valence-corrected chi connectivity index (χ0v) is 6.91. The van der Waals surface area contributed by atoms with E-state index in [0.717, 1.165) is 0 Å². The SMILES string of the molecule is C=CCOC(=O)COC(=O)[CH]C. The summed E-state index contributed by atoms with van der Waals surface area (Å²) in [5, 5.41) is 0. The van der Waals surface area contributed by atoms with Crippen molar-refractivity contribution in [3.8, 4) is 0 Å². The van der Waals surface area contributed by atoms with Crippen molar-refractivity contribution in [3.05, 3.63) is 19.1 Å². The van der Waals surface area contributed by atoms with Crippen LogP contribution in [0.5, 0.6) is 0 Å². The average molecular weight is 171 g/mol. The summed E-state index contributed by atoms with van der Waals surface area (Å²) in [5.74, 6) is -1.12. The van der Waals surface area contributed by atoms with Crippen LogP contribution in [-0.2, 0) is 19.1 Å². The first-order chi connectivity index (χ1) is 5.70. The Morgan fingerprint density at radius 2 is 2.08 bits per heavy atom. The molecule has 0 aliphatic heterocycles. The van der Waals surface area contributed by atoms with Gasteiger partial charge in [0.2, 0.25) is 0 Å². The molecule has 4 heteroatoms. The molecule has 0 aliphatic carbocycles. The summed E-state index contributed by atoms with van der Waals surface area (Å²) in [6, 6.07) is 0. The summed E-state index contributed by atoms with van der Waals surface area (Å²) in [4.78, 5) is 21.1. The Bertz CT molecular complexity index is 174. The van der Waals surface area contributed by atoms with E-state index in [0.29, 0.717) is 0 Å². The molecule has 0 bridgehead atoms. The molecule has 0 heterocycles. The summed E-state index contributed by atoms with van der Waals surface area (Å²) >= 11 is 0. The Kier molecular flexibility index (Phi) is 5.69. The van der Waals surface area contributed by atoms with E-state index in [2.05, 4.69) is 16.1 Å². The van der Waals surface area contributed by atoms with Gasteiger partial charge in [0.1, 0.15) is 6.61 Å². The second-order valence-corrected chi connectivity index (χ2v) is 1.87. The molecular weight excluding hydrogens is 160 g/mol. The first-order valence-electron chi connectivity index (χ1n) is 3.43. The molecule has 0 amide bonds. The molecule has 0 fully saturated rings. The molecule has 0 saturated carbocycles. The molecule has 0 aromatic rings. The van der Waals surface area contributed by atoms with Gasteiger partial charge in [0, 0.05) is 0 Å². The lowest BCUT2D eigenvalue weighted by Crippen LogP contribution is -2.16. The van der Waals surface area contributed by atoms with Gasteiger partial charge in [-0.05, 0) is 0 Å². The molecule has 0 atom stereocenters. The van der Waals surface area contributed by atoms with Gasteiger partial charge in [0.05, 0.1) is 6.42 Å². The third kappa shape index (κ3) is 5.46. The topological polar surface area (TPSA) is 52.6 Å². The van der Waals surface area contributed by atoms with E-state index in [1.807, 2.05) is 0 Å². The fourth-order valence-corrected chi connectivity index (χ4v) is 0.407. The van der Waals surface area contributed by atoms with Gasteiger partial charge < -0.3 is 9.47 Å². The highest BCUT2D eigenvalue weighted by atomic mass is 16.6. The van der Waals surface area contributed by atoms with Crippen LogP contribution in [0.3, 0.4) is 0 Å². The number of ether oxygens (including phenoxy) is 2. The summed E-state index contributed by atoms with van der Waals surface area (Å²) in [6.45, 7) is 4.66. The maximum atomic E-state index is 10.7. The molecule has 67 valence electrons. The molecule has 12 heavy (non-hydrogen) atoms. The van der Waals surface area contributed by atoms with Crippen molar-refractivity contribution in [2.75, 3.05) is 13.2 Å². The maximum Gasteiger partial charge on any atom is 0.344 e. The van der Waals surface area contributed by atoms with Gasteiger partial charge in [0.15, 0.2) is 6.61 Å². The summed E-state index contributed by atoms with van der Waals surface area (Å²) in [6.07, 6.45) is 2.66. The Morgan fingerprint density at radius 3 is 2.58 bits per heavy atom. The van der Waals surface area contributed by atoms with Crippen molar-refractivity contribution >= 4 is 11.9 Å². The highest BCUT2D eigenvalue weighted by Crippen LogP contribution is 1.85. The normalized spacial score (nSPS) is 8.75. The van der Waals surface area contributed by atoms with E-state index >= 15 is 0 Å². The van der Waals surface area contributed by atoms with Crippen LogP contribution in [0.25, 0.3) is 0 Å². The van der Waals surface area contributed by atoms with Crippen LogP contribution in [0.1, 0.15) is 6.92 Å². The van der Waals surface area contributed by atoms with E-state index in [4.69, 9.17) is 0 Å². The molecular formula is C8H11O4. The van der Waals surface area contributed by atoms with E-state index in [1.54, 1.807) is 0 Å². The first-order valence-corrected chi connectivity index (χ1v) is 3.43. The lowest BCUT2D eigenvalue weighted by molar-refractivity contribution is -0.155. The van der Waals surface area contributed by atoms with Crippen LogP contribution in [0.15, 0.2) is 12.7 Å². The monoisotopic (exact) mass is 171 g/mol.